The molecule has 4 aliphatic heterocycles. The fourth-order valence-electron chi connectivity index (χ4n) is 9.95. The summed E-state index contributed by atoms with van der Waals surface area (Å²) < 4.78 is 11.7. The first-order valence-corrected chi connectivity index (χ1v) is 24.1. The highest BCUT2D eigenvalue weighted by Gasteiger charge is 2.18. The lowest BCUT2D eigenvalue weighted by Gasteiger charge is -2.25. The van der Waals surface area contributed by atoms with Crippen LogP contribution in [0.2, 0.25) is 0 Å². The Morgan fingerprint density at radius 2 is 0.922 bits per heavy atom. The Hall–Kier alpha value is -5.70. The van der Waals surface area contributed by atoms with Gasteiger partial charge in [0.15, 0.2) is 0 Å². The standard InChI is InChI=1S/2C28H32N2O2/c2*1-2-20-17-24-19-21(8-10-26(24)29-28(20)31)25(12-15-30-13-4-3-5-14-30)22-9-11-27-23(18-22)7-6-16-32-27/h2*8-12,17-19H,2-7,13-16H2,1H3,(H,29,31)/b25-12+;25-12-. The third-order valence-corrected chi connectivity index (χ3v) is 13.7. The Kier molecular flexibility index (Phi) is 13.9. The normalized spacial score (nSPS) is 17.2. The predicted octanol–water partition coefficient (Wildman–Crippen LogP) is 10.7. The summed E-state index contributed by atoms with van der Waals surface area (Å²) in [5.74, 6) is 2.05. The van der Waals surface area contributed by atoms with Crippen LogP contribution in [0.5, 0.6) is 11.5 Å². The number of piperidine rings is 2. The van der Waals surface area contributed by atoms with Gasteiger partial charge in [-0.1, -0.05) is 63.1 Å². The number of aromatic amines is 2. The summed E-state index contributed by atoms with van der Waals surface area (Å²) in [4.78, 5) is 35.7. The van der Waals surface area contributed by atoms with Crippen LogP contribution in [0.15, 0.2) is 107 Å². The summed E-state index contributed by atoms with van der Waals surface area (Å²) in [5, 5.41) is 2.17. The first-order chi connectivity index (χ1) is 31.4. The van der Waals surface area contributed by atoms with Gasteiger partial charge >= 0.3 is 0 Å². The molecule has 2 fully saturated rings. The minimum Gasteiger partial charge on any atom is -0.493 e. The predicted molar refractivity (Wildman–Crippen MR) is 263 cm³/mol. The second-order valence-corrected chi connectivity index (χ2v) is 18.1. The Balaban J connectivity index is 0.000000162. The average Bonchev–Trinajstić information content (AvgIpc) is 3.34. The number of ether oxygens (including phenoxy) is 2. The SMILES string of the molecule is CCc1cc2cc(/C(=C/CN3CCCCC3)c3ccc4c(c3)CCCO4)ccc2[nH]c1=O.CCc1cc2cc(/C(=C\CN3CCCCC3)c3ccc4c(c3)CCCO4)ccc2[nH]c1=O. The van der Waals surface area contributed by atoms with E-state index in [-0.39, 0.29) is 11.1 Å². The van der Waals surface area contributed by atoms with Gasteiger partial charge in [-0.25, -0.2) is 0 Å². The number of rotatable bonds is 10. The van der Waals surface area contributed by atoms with Crippen LogP contribution in [0.3, 0.4) is 0 Å². The number of hydrogen-bond donors (Lipinski definition) is 2. The molecule has 2 saturated heterocycles. The van der Waals surface area contributed by atoms with Gasteiger partial charge in [0.1, 0.15) is 11.5 Å². The number of H-pyrrole nitrogens is 2. The fourth-order valence-corrected chi connectivity index (χ4v) is 9.95. The van der Waals surface area contributed by atoms with Crippen molar-refractivity contribution in [3.63, 3.8) is 0 Å². The van der Waals surface area contributed by atoms with Gasteiger partial charge in [0.2, 0.25) is 0 Å². The Morgan fingerprint density at radius 3 is 1.34 bits per heavy atom. The minimum absolute atomic E-state index is 0.0169. The molecule has 0 atom stereocenters. The smallest absolute Gasteiger partial charge is 0.251 e. The molecule has 64 heavy (non-hydrogen) atoms. The Morgan fingerprint density at radius 1 is 0.516 bits per heavy atom. The highest BCUT2D eigenvalue weighted by Crippen LogP contribution is 2.34. The number of likely N-dealkylation sites (tertiary alicyclic amines) is 2. The van der Waals surface area contributed by atoms with Crippen LogP contribution in [0.25, 0.3) is 33.0 Å². The van der Waals surface area contributed by atoms with Crippen molar-refractivity contribution in [1.82, 2.24) is 19.8 Å². The van der Waals surface area contributed by atoms with E-state index in [1.54, 1.807) is 0 Å². The van der Waals surface area contributed by atoms with Crippen molar-refractivity contribution in [2.24, 2.45) is 0 Å². The molecule has 0 spiro atoms. The van der Waals surface area contributed by atoms with Crippen molar-refractivity contribution in [1.29, 1.82) is 0 Å². The molecular formula is C56H64N4O4. The van der Waals surface area contributed by atoms with Gasteiger partial charge in [-0.15, -0.1) is 0 Å². The van der Waals surface area contributed by atoms with Gasteiger partial charge in [-0.2, -0.15) is 0 Å². The summed E-state index contributed by atoms with van der Waals surface area (Å²) in [6, 6.07) is 30.2. The number of nitrogens with one attached hydrogen (secondary N) is 2. The zero-order chi connectivity index (χ0) is 43.8. The molecule has 4 aliphatic rings. The van der Waals surface area contributed by atoms with Gasteiger partial charge in [0.25, 0.3) is 11.1 Å². The quantitative estimate of drug-likeness (QED) is 0.143. The van der Waals surface area contributed by atoms with Crippen LogP contribution >= 0.6 is 0 Å². The van der Waals surface area contributed by atoms with E-state index in [0.29, 0.717) is 0 Å². The van der Waals surface area contributed by atoms with Crippen LogP contribution in [-0.4, -0.2) is 72.3 Å². The maximum atomic E-state index is 12.2. The van der Waals surface area contributed by atoms with Crippen LogP contribution in [-0.2, 0) is 25.7 Å². The van der Waals surface area contributed by atoms with Gasteiger partial charge in [0, 0.05) is 35.2 Å². The molecule has 0 unspecified atom stereocenters. The van der Waals surface area contributed by atoms with E-state index < -0.39 is 0 Å². The zero-order valence-electron chi connectivity index (χ0n) is 37.9. The van der Waals surface area contributed by atoms with E-state index in [2.05, 4.69) is 92.6 Å². The first-order valence-electron chi connectivity index (χ1n) is 24.1. The van der Waals surface area contributed by atoms with E-state index in [0.717, 1.165) is 109 Å². The van der Waals surface area contributed by atoms with Crippen LogP contribution < -0.4 is 20.6 Å². The molecule has 8 heteroatoms. The number of aromatic nitrogens is 2. The van der Waals surface area contributed by atoms with E-state index in [9.17, 15) is 9.59 Å². The van der Waals surface area contributed by atoms with Crippen LogP contribution in [0.4, 0.5) is 0 Å². The summed E-state index contributed by atoms with van der Waals surface area (Å²) in [7, 11) is 0. The van der Waals surface area contributed by atoms with Crippen molar-refractivity contribution in [2.75, 3.05) is 52.5 Å². The second kappa shape index (κ2) is 20.4. The van der Waals surface area contributed by atoms with Crippen LogP contribution in [0.1, 0.15) is 110 Å². The van der Waals surface area contributed by atoms with Gasteiger partial charge in [-0.3, -0.25) is 19.4 Å². The molecule has 2 N–H and O–H groups in total. The minimum atomic E-state index is 0.0169. The molecule has 0 amide bonds. The second-order valence-electron chi connectivity index (χ2n) is 18.1. The average molecular weight is 857 g/mol. The molecule has 2 aromatic heterocycles. The lowest BCUT2D eigenvalue weighted by atomic mass is 9.93. The van der Waals surface area contributed by atoms with E-state index in [1.165, 1.54) is 109 Å². The summed E-state index contributed by atoms with van der Waals surface area (Å²) in [6.45, 7) is 12.3. The van der Waals surface area contributed by atoms with Crippen molar-refractivity contribution >= 4 is 33.0 Å². The highest BCUT2D eigenvalue weighted by atomic mass is 16.5. The molecule has 0 aliphatic carbocycles. The third-order valence-electron chi connectivity index (χ3n) is 13.7. The van der Waals surface area contributed by atoms with Crippen molar-refractivity contribution in [2.45, 2.75) is 90.9 Å². The van der Waals surface area contributed by atoms with E-state index >= 15 is 0 Å². The Bertz CT molecular complexity index is 2590. The summed E-state index contributed by atoms with van der Waals surface area (Å²) >= 11 is 0. The molecule has 10 rings (SSSR count). The van der Waals surface area contributed by atoms with E-state index in [1.807, 2.05) is 38.1 Å². The van der Waals surface area contributed by atoms with Crippen molar-refractivity contribution in [3.8, 4) is 11.5 Å². The van der Waals surface area contributed by atoms with Crippen molar-refractivity contribution < 1.29 is 9.47 Å². The largest absolute Gasteiger partial charge is 0.493 e. The topological polar surface area (TPSA) is 90.7 Å². The molecule has 0 bridgehead atoms. The number of hydrogen-bond acceptors (Lipinski definition) is 6. The highest BCUT2D eigenvalue weighted by molar-refractivity contribution is 5.89. The van der Waals surface area contributed by atoms with Gasteiger partial charge in [-0.05, 0) is 206 Å². The molecule has 8 nitrogen and oxygen atoms in total. The first kappa shape index (κ1) is 43.5. The third kappa shape index (κ3) is 10.1. The van der Waals surface area contributed by atoms with Crippen molar-refractivity contribution in [3.05, 3.63) is 162 Å². The number of nitrogens with zero attached hydrogens (tertiary/aromatic N) is 2. The molecule has 4 aromatic carbocycles. The number of aryl methyl sites for hydroxylation is 4. The molecule has 332 valence electrons. The summed E-state index contributed by atoms with van der Waals surface area (Å²) in [6.07, 6.45) is 18.4. The number of benzene rings is 4. The van der Waals surface area contributed by atoms with Gasteiger partial charge in [0.05, 0.1) is 13.2 Å². The molecule has 6 heterocycles. The molecule has 0 radical (unpaired) electrons. The Labute approximate surface area is 378 Å². The molecular weight excluding hydrogens is 793 g/mol. The number of pyridine rings is 2. The van der Waals surface area contributed by atoms with Crippen LogP contribution in [0, 0.1) is 0 Å². The monoisotopic (exact) mass is 856 g/mol. The lowest BCUT2D eigenvalue weighted by Crippen LogP contribution is -2.29. The maximum absolute atomic E-state index is 12.2. The molecule has 0 saturated carbocycles. The van der Waals surface area contributed by atoms with Gasteiger partial charge < -0.3 is 19.4 Å². The van der Waals surface area contributed by atoms with E-state index in [4.69, 9.17) is 9.47 Å². The zero-order valence-corrected chi connectivity index (χ0v) is 37.9. The number of fused-ring (bicyclic) bond motifs is 4. The fraction of sp³-hybridized carbons (Fsp3) is 0.393. The maximum Gasteiger partial charge on any atom is 0.251 e. The summed E-state index contributed by atoms with van der Waals surface area (Å²) in [5.41, 5.74) is 13.5. The molecule has 6 aromatic rings. The lowest BCUT2D eigenvalue weighted by molar-refractivity contribution is 0.252.